The molecular formula is C11H19NO2. The van der Waals surface area contributed by atoms with E-state index in [1.165, 1.54) is 25.7 Å². The van der Waals surface area contributed by atoms with E-state index in [0.717, 1.165) is 13.0 Å². The Labute approximate surface area is 85.4 Å². The van der Waals surface area contributed by atoms with Crippen LogP contribution in [0.1, 0.15) is 39.0 Å². The van der Waals surface area contributed by atoms with Crippen LogP contribution in [0.4, 0.5) is 0 Å². The third kappa shape index (κ3) is 1.78. The molecule has 2 heterocycles. The highest BCUT2D eigenvalue weighted by Crippen LogP contribution is 2.31. The van der Waals surface area contributed by atoms with Gasteiger partial charge in [0.25, 0.3) is 0 Å². The van der Waals surface area contributed by atoms with E-state index in [4.69, 9.17) is 4.74 Å². The molecule has 0 aliphatic carbocycles. The second kappa shape index (κ2) is 4.30. The van der Waals surface area contributed by atoms with E-state index >= 15 is 0 Å². The summed E-state index contributed by atoms with van der Waals surface area (Å²) >= 11 is 0. The predicted octanol–water partition coefficient (Wildman–Crippen LogP) is 1.57. The van der Waals surface area contributed by atoms with Gasteiger partial charge in [-0.3, -0.25) is 9.69 Å². The third-order valence-electron chi connectivity index (χ3n) is 3.40. The molecule has 0 radical (unpaired) electrons. The number of piperidine rings is 1. The number of carbonyl (C=O) groups excluding carboxylic acids is 1. The molecule has 0 amide bonds. The first-order chi connectivity index (χ1) is 6.83. The summed E-state index contributed by atoms with van der Waals surface area (Å²) in [6, 6.07) is 0.731. The van der Waals surface area contributed by atoms with E-state index in [9.17, 15) is 4.79 Å². The SMILES string of the molecule is CCOC(=O)[C@@H]1CCC[C@@H]2CCCN21. The molecule has 2 atom stereocenters. The Balaban J connectivity index is 1.99. The standard InChI is InChI=1S/C11H19NO2/c1-2-14-11(13)10-7-3-5-9-6-4-8-12(9)10/h9-10H,2-8H2,1H3/t9-,10+/m1/s1. The van der Waals surface area contributed by atoms with E-state index in [2.05, 4.69) is 4.90 Å². The van der Waals surface area contributed by atoms with Crippen molar-refractivity contribution in [1.82, 2.24) is 4.90 Å². The van der Waals surface area contributed by atoms with E-state index in [0.29, 0.717) is 12.6 Å². The Morgan fingerprint density at radius 2 is 2.14 bits per heavy atom. The van der Waals surface area contributed by atoms with Crippen LogP contribution in [0, 0.1) is 0 Å². The average molecular weight is 197 g/mol. The van der Waals surface area contributed by atoms with Crippen molar-refractivity contribution in [1.29, 1.82) is 0 Å². The highest BCUT2D eigenvalue weighted by molar-refractivity contribution is 5.76. The predicted molar refractivity (Wildman–Crippen MR) is 54.0 cm³/mol. The zero-order valence-corrected chi connectivity index (χ0v) is 8.87. The lowest BCUT2D eigenvalue weighted by atomic mass is 9.97. The Morgan fingerprint density at radius 3 is 2.93 bits per heavy atom. The lowest BCUT2D eigenvalue weighted by Crippen LogP contribution is -2.47. The van der Waals surface area contributed by atoms with Crippen LogP contribution in [0.25, 0.3) is 0 Å². The number of hydrogen-bond acceptors (Lipinski definition) is 3. The summed E-state index contributed by atoms with van der Waals surface area (Å²) in [6.45, 7) is 3.48. The quantitative estimate of drug-likeness (QED) is 0.629. The van der Waals surface area contributed by atoms with Gasteiger partial charge in [-0.2, -0.15) is 0 Å². The Hall–Kier alpha value is -0.570. The van der Waals surface area contributed by atoms with Gasteiger partial charge in [-0.05, 0) is 45.6 Å². The fourth-order valence-electron chi connectivity index (χ4n) is 2.78. The molecule has 0 bridgehead atoms. The summed E-state index contributed by atoms with van der Waals surface area (Å²) < 4.78 is 5.11. The van der Waals surface area contributed by atoms with Crippen LogP contribution in [0.2, 0.25) is 0 Å². The molecule has 3 nitrogen and oxygen atoms in total. The lowest BCUT2D eigenvalue weighted by Gasteiger charge is -2.35. The Kier molecular flexibility index (Phi) is 3.06. The fourth-order valence-corrected chi connectivity index (χ4v) is 2.78. The zero-order valence-electron chi connectivity index (χ0n) is 8.87. The van der Waals surface area contributed by atoms with E-state index in [-0.39, 0.29) is 12.0 Å². The van der Waals surface area contributed by atoms with Gasteiger partial charge >= 0.3 is 5.97 Å². The first kappa shape index (κ1) is 9.97. The van der Waals surface area contributed by atoms with Gasteiger partial charge in [0.2, 0.25) is 0 Å². The maximum absolute atomic E-state index is 11.7. The van der Waals surface area contributed by atoms with Gasteiger partial charge in [-0.1, -0.05) is 0 Å². The van der Waals surface area contributed by atoms with Crippen LogP contribution in [-0.4, -0.2) is 36.1 Å². The maximum atomic E-state index is 11.7. The molecule has 0 N–H and O–H groups in total. The molecular weight excluding hydrogens is 178 g/mol. The molecule has 14 heavy (non-hydrogen) atoms. The van der Waals surface area contributed by atoms with Gasteiger partial charge in [0.15, 0.2) is 0 Å². The molecule has 0 aromatic rings. The van der Waals surface area contributed by atoms with Gasteiger partial charge < -0.3 is 4.74 Å². The smallest absolute Gasteiger partial charge is 0.323 e. The number of carbonyl (C=O) groups is 1. The van der Waals surface area contributed by atoms with Crippen LogP contribution in [0.3, 0.4) is 0 Å². The minimum absolute atomic E-state index is 0.000833. The van der Waals surface area contributed by atoms with Crippen molar-refractivity contribution in [2.75, 3.05) is 13.2 Å². The van der Waals surface area contributed by atoms with Gasteiger partial charge in [0.1, 0.15) is 6.04 Å². The van der Waals surface area contributed by atoms with Crippen molar-refractivity contribution >= 4 is 5.97 Å². The molecule has 0 spiro atoms. The highest BCUT2D eigenvalue weighted by Gasteiger charge is 2.38. The Morgan fingerprint density at radius 1 is 1.36 bits per heavy atom. The van der Waals surface area contributed by atoms with Gasteiger partial charge in [0.05, 0.1) is 6.61 Å². The van der Waals surface area contributed by atoms with Crippen LogP contribution in [0.5, 0.6) is 0 Å². The van der Waals surface area contributed by atoms with Gasteiger partial charge in [-0.15, -0.1) is 0 Å². The second-order valence-electron chi connectivity index (χ2n) is 4.23. The average Bonchev–Trinajstić information content (AvgIpc) is 2.65. The number of nitrogens with zero attached hydrogens (tertiary/aromatic N) is 1. The normalized spacial score (nSPS) is 32.6. The van der Waals surface area contributed by atoms with Crippen LogP contribution < -0.4 is 0 Å². The molecule has 2 rings (SSSR count). The molecule has 0 saturated carbocycles. The summed E-state index contributed by atoms with van der Waals surface area (Å²) in [7, 11) is 0. The largest absolute Gasteiger partial charge is 0.465 e. The number of hydrogen-bond donors (Lipinski definition) is 0. The summed E-state index contributed by atoms with van der Waals surface area (Å²) in [6.07, 6.45) is 5.98. The fraction of sp³-hybridized carbons (Fsp3) is 0.909. The minimum Gasteiger partial charge on any atom is -0.465 e. The molecule has 0 unspecified atom stereocenters. The highest BCUT2D eigenvalue weighted by atomic mass is 16.5. The molecule has 0 aromatic carbocycles. The molecule has 2 aliphatic rings. The number of ether oxygens (including phenoxy) is 1. The molecule has 2 fully saturated rings. The maximum Gasteiger partial charge on any atom is 0.323 e. The molecule has 3 heteroatoms. The van der Waals surface area contributed by atoms with E-state index < -0.39 is 0 Å². The van der Waals surface area contributed by atoms with Crippen LogP contribution >= 0.6 is 0 Å². The van der Waals surface area contributed by atoms with Crippen molar-refractivity contribution in [2.24, 2.45) is 0 Å². The first-order valence-corrected chi connectivity index (χ1v) is 5.75. The topological polar surface area (TPSA) is 29.5 Å². The molecule has 0 aromatic heterocycles. The number of rotatable bonds is 2. The zero-order chi connectivity index (χ0) is 9.97. The Bertz CT molecular complexity index is 217. The minimum atomic E-state index is -0.000833. The number of esters is 1. The van der Waals surface area contributed by atoms with Crippen molar-refractivity contribution in [3.05, 3.63) is 0 Å². The molecule has 2 saturated heterocycles. The summed E-state index contributed by atoms with van der Waals surface area (Å²) in [5.41, 5.74) is 0. The van der Waals surface area contributed by atoms with E-state index in [1.54, 1.807) is 0 Å². The van der Waals surface area contributed by atoms with E-state index in [1.807, 2.05) is 6.92 Å². The summed E-state index contributed by atoms with van der Waals surface area (Å²) in [4.78, 5) is 14.0. The van der Waals surface area contributed by atoms with Crippen LogP contribution in [0.15, 0.2) is 0 Å². The lowest BCUT2D eigenvalue weighted by molar-refractivity contribution is -0.151. The van der Waals surface area contributed by atoms with Crippen molar-refractivity contribution < 1.29 is 9.53 Å². The van der Waals surface area contributed by atoms with Crippen molar-refractivity contribution in [2.45, 2.75) is 51.1 Å². The van der Waals surface area contributed by atoms with Crippen LogP contribution in [-0.2, 0) is 9.53 Å². The first-order valence-electron chi connectivity index (χ1n) is 5.75. The monoisotopic (exact) mass is 197 g/mol. The number of fused-ring (bicyclic) bond motifs is 1. The molecule has 2 aliphatic heterocycles. The van der Waals surface area contributed by atoms with Gasteiger partial charge in [-0.25, -0.2) is 0 Å². The summed E-state index contributed by atoms with van der Waals surface area (Å²) in [5, 5.41) is 0. The molecule has 80 valence electrons. The van der Waals surface area contributed by atoms with Crippen molar-refractivity contribution in [3.8, 4) is 0 Å². The second-order valence-corrected chi connectivity index (χ2v) is 4.23. The third-order valence-corrected chi connectivity index (χ3v) is 3.40. The van der Waals surface area contributed by atoms with Crippen molar-refractivity contribution in [3.63, 3.8) is 0 Å². The summed E-state index contributed by atoms with van der Waals surface area (Å²) in [5.74, 6) is -0.000833. The van der Waals surface area contributed by atoms with Gasteiger partial charge in [0, 0.05) is 6.04 Å².